The predicted molar refractivity (Wildman–Crippen MR) is 239 cm³/mol. The first-order chi connectivity index (χ1) is 29.3. The van der Waals surface area contributed by atoms with Crippen LogP contribution in [0, 0.1) is 0 Å². The Morgan fingerprint density at radius 1 is 0.583 bits per heavy atom. The molecule has 0 aliphatic carbocycles. The van der Waals surface area contributed by atoms with E-state index in [9.17, 15) is 18.9 Å². The molecule has 0 aliphatic heterocycles. The van der Waals surface area contributed by atoms with Gasteiger partial charge in [-0.2, -0.15) is 0 Å². The molecule has 1 N–H and O–H groups in total. The second kappa shape index (κ2) is 31.7. The molecule has 3 rings (SSSR count). The lowest BCUT2D eigenvalue weighted by Gasteiger charge is -2.22. The summed E-state index contributed by atoms with van der Waals surface area (Å²) in [5, 5.41) is 2.81. The Kier molecular flexibility index (Phi) is 26.5. The Morgan fingerprint density at radius 3 is 1.57 bits per heavy atom. The van der Waals surface area contributed by atoms with Crippen LogP contribution in [0.3, 0.4) is 0 Å². The number of amides is 1. The summed E-state index contributed by atoms with van der Waals surface area (Å²) in [5.74, 6) is -0.899. The molecule has 0 aliphatic rings. The quantitative estimate of drug-likeness (QED) is 0.0349. The fraction of sp³-hybridized carbons (Fsp3) is 0.571. The highest BCUT2D eigenvalue weighted by atomic mass is 31.2. The first-order valence-electron chi connectivity index (χ1n) is 22.7. The highest BCUT2D eigenvalue weighted by Crippen LogP contribution is 2.49. The number of rotatable bonds is 35. The number of nitrogens with one attached hydrogen (secondary N) is 1. The maximum Gasteiger partial charge on any atom is 0.587 e. The molecule has 3 aromatic rings. The molecule has 0 aromatic heterocycles. The molecule has 332 valence electrons. The molecule has 0 spiro atoms. The van der Waals surface area contributed by atoms with Gasteiger partial charge < -0.3 is 23.8 Å². The molecule has 0 fully saturated rings. The van der Waals surface area contributed by atoms with E-state index in [1.165, 1.54) is 77.0 Å². The molecule has 2 atom stereocenters. The van der Waals surface area contributed by atoms with Crippen molar-refractivity contribution in [3.63, 3.8) is 0 Å². The van der Waals surface area contributed by atoms with Gasteiger partial charge >= 0.3 is 19.8 Å². The lowest BCUT2D eigenvalue weighted by atomic mass is 10.0. The van der Waals surface area contributed by atoms with Gasteiger partial charge in [0, 0.05) is 12.8 Å². The molecule has 60 heavy (non-hydrogen) atoms. The third-order valence-corrected chi connectivity index (χ3v) is 11.6. The minimum atomic E-state index is -4.26. The van der Waals surface area contributed by atoms with Crippen LogP contribution in [-0.4, -0.2) is 36.6 Å². The summed E-state index contributed by atoms with van der Waals surface area (Å²) in [6.45, 7) is 4.16. The largest absolute Gasteiger partial charge is 0.587 e. The Bertz CT molecular complexity index is 1560. The minimum absolute atomic E-state index is 0.00265. The van der Waals surface area contributed by atoms with Crippen LogP contribution in [0.4, 0.5) is 0 Å². The number of para-hydroxylation sites is 2. The van der Waals surface area contributed by atoms with E-state index < -0.39 is 31.8 Å². The van der Waals surface area contributed by atoms with Crippen LogP contribution >= 0.6 is 7.82 Å². The monoisotopic (exact) mass is 849 g/mol. The molecule has 0 saturated carbocycles. The van der Waals surface area contributed by atoms with Crippen molar-refractivity contribution in [3.8, 4) is 11.5 Å². The molecule has 0 bridgehead atoms. The molecular weight excluding hydrogens is 778 g/mol. The summed E-state index contributed by atoms with van der Waals surface area (Å²) in [4.78, 5) is 40.3. The van der Waals surface area contributed by atoms with E-state index in [1.54, 1.807) is 60.7 Å². The van der Waals surface area contributed by atoms with Crippen LogP contribution in [0.15, 0.2) is 91.0 Å². The molecule has 1 amide bonds. The summed E-state index contributed by atoms with van der Waals surface area (Å²) >= 11 is 0. The maximum atomic E-state index is 14.0. The average molecular weight is 850 g/mol. The van der Waals surface area contributed by atoms with E-state index in [4.69, 9.17) is 23.0 Å². The number of benzene rings is 3. The van der Waals surface area contributed by atoms with Crippen LogP contribution in [-0.2, 0) is 39.6 Å². The predicted octanol–water partition coefficient (Wildman–Crippen LogP) is 13.0. The number of phosphoric ester groups is 1. The van der Waals surface area contributed by atoms with Crippen molar-refractivity contribution in [2.24, 2.45) is 0 Å². The Balaban J connectivity index is 1.64. The van der Waals surface area contributed by atoms with Gasteiger partial charge in [-0.1, -0.05) is 183 Å². The Hall–Kier alpha value is -4.14. The zero-order chi connectivity index (χ0) is 42.9. The number of ether oxygens (including phenoxy) is 2. The molecule has 11 heteroatoms. The van der Waals surface area contributed by atoms with E-state index in [0.29, 0.717) is 12.8 Å². The number of hydrogen-bond acceptors (Lipinski definition) is 9. The third-order valence-electron chi connectivity index (χ3n) is 10.2. The number of carbonyl (C=O) groups excluding carboxylic acids is 3. The molecule has 0 heterocycles. The number of esters is 2. The molecule has 2 unspecified atom stereocenters. The van der Waals surface area contributed by atoms with Crippen molar-refractivity contribution in [2.45, 2.75) is 174 Å². The topological polar surface area (TPSA) is 126 Å². The van der Waals surface area contributed by atoms with E-state index in [2.05, 4.69) is 19.2 Å². The van der Waals surface area contributed by atoms with Crippen LogP contribution < -0.4 is 14.4 Å². The van der Waals surface area contributed by atoms with Crippen molar-refractivity contribution in [3.05, 3.63) is 96.6 Å². The average Bonchev–Trinajstić information content (AvgIpc) is 3.25. The highest BCUT2D eigenvalue weighted by Gasteiger charge is 2.33. The van der Waals surface area contributed by atoms with Crippen LogP contribution in [0.25, 0.3) is 0 Å². The van der Waals surface area contributed by atoms with Gasteiger partial charge in [0.2, 0.25) is 5.91 Å². The molecule has 10 nitrogen and oxygen atoms in total. The van der Waals surface area contributed by atoms with Gasteiger partial charge in [-0.15, -0.1) is 0 Å². The van der Waals surface area contributed by atoms with Crippen LogP contribution in [0.2, 0.25) is 0 Å². The van der Waals surface area contributed by atoms with Gasteiger partial charge in [-0.3, -0.25) is 14.1 Å². The van der Waals surface area contributed by atoms with Gasteiger partial charge in [0.1, 0.15) is 30.3 Å². The normalized spacial score (nSPS) is 12.3. The zero-order valence-corrected chi connectivity index (χ0v) is 37.3. The Morgan fingerprint density at radius 2 is 1.05 bits per heavy atom. The number of phosphoric acid groups is 1. The van der Waals surface area contributed by atoms with Crippen LogP contribution in [0.1, 0.15) is 161 Å². The first kappa shape index (κ1) is 50.2. The fourth-order valence-electron chi connectivity index (χ4n) is 6.82. The van der Waals surface area contributed by atoms with Crippen molar-refractivity contribution in [2.75, 3.05) is 6.61 Å². The lowest BCUT2D eigenvalue weighted by Crippen LogP contribution is -2.43. The summed E-state index contributed by atoms with van der Waals surface area (Å²) in [7, 11) is -4.26. The van der Waals surface area contributed by atoms with E-state index in [0.717, 1.165) is 44.1 Å². The maximum absolute atomic E-state index is 14.0. The fourth-order valence-corrected chi connectivity index (χ4v) is 8.05. The van der Waals surface area contributed by atoms with Gasteiger partial charge in [0.05, 0.1) is 13.0 Å². The van der Waals surface area contributed by atoms with Gasteiger partial charge in [-0.05, 0) is 49.1 Å². The molecular formula is C49H72NO9P. The van der Waals surface area contributed by atoms with Crippen molar-refractivity contribution in [1.82, 2.24) is 5.32 Å². The van der Waals surface area contributed by atoms with Crippen molar-refractivity contribution < 1.29 is 42.0 Å². The first-order valence-corrected chi connectivity index (χ1v) is 24.2. The van der Waals surface area contributed by atoms with Gasteiger partial charge in [-0.25, -0.2) is 9.36 Å². The van der Waals surface area contributed by atoms with Crippen molar-refractivity contribution >= 4 is 25.7 Å². The lowest BCUT2D eigenvalue weighted by molar-refractivity contribution is -0.153. The summed E-state index contributed by atoms with van der Waals surface area (Å²) in [6.07, 6.45) is 20.7. The van der Waals surface area contributed by atoms with Gasteiger partial charge in [0.15, 0.2) is 0 Å². The van der Waals surface area contributed by atoms with Crippen LogP contribution in [0.5, 0.6) is 11.5 Å². The second-order valence-corrected chi connectivity index (χ2v) is 17.1. The van der Waals surface area contributed by atoms with E-state index in [-0.39, 0.29) is 43.5 Å². The smallest absolute Gasteiger partial charge is 0.462 e. The third kappa shape index (κ3) is 23.6. The summed E-state index contributed by atoms with van der Waals surface area (Å²) in [6, 6.07) is 25.1. The molecule has 0 radical (unpaired) electrons. The highest BCUT2D eigenvalue weighted by molar-refractivity contribution is 7.49. The summed E-state index contributed by atoms with van der Waals surface area (Å²) < 4.78 is 42.8. The standard InChI is InChI=1S/C49H72NO9P/c1-3-5-7-9-11-13-15-17-24-36-45(57-48(52)37-29-18-16-14-12-10-8-6-4-2)40-47(51)50-46(49(53)55-41-42-30-22-19-23-31-42)38-39-56-60(54,58-43-32-25-20-26-33-43)59-44-34-27-21-28-35-44/h19-23,25-28,30-35,45-46H,3-18,24,29,36-41H2,1-2H3,(H,50,51). The van der Waals surface area contributed by atoms with E-state index in [1.807, 2.05) is 30.3 Å². The number of hydrogen-bond donors (Lipinski definition) is 1. The number of unbranched alkanes of at least 4 members (excludes halogenated alkanes) is 16. The van der Waals surface area contributed by atoms with Crippen molar-refractivity contribution in [1.29, 1.82) is 0 Å². The number of carbonyl (C=O) groups is 3. The van der Waals surface area contributed by atoms with E-state index >= 15 is 0 Å². The van der Waals surface area contributed by atoms with Gasteiger partial charge in [0.25, 0.3) is 0 Å². The zero-order valence-electron chi connectivity index (χ0n) is 36.4. The summed E-state index contributed by atoms with van der Waals surface area (Å²) in [5.41, 5.74) is 0.782. The molecule has 0 saturated heterocycles. The minimum Gasteiger partial charge on any atom is -0.462 e. The Labute approximate surface area is 360 Å². The molecule has 3 aromatic carbocycles. The SMILES string of the molecule is CCCCCCCCCCCC(=O)OC(CCCCCCCCCCC)CC(=O)NC(CCOP(=O)(Oc1ccccc1)Oc1ccccc1)C(=O)OCc1ccccc1. The second-order valence-electron chi connectivity index (χ2n) is 15.6.